The van der Waals surface area contributed by atoms with Gasteiger partial charge in [-0.1, -0.05) is 25.1 Å². The van der Waals surface area contributed by atoms with E-state index in [1.165, 1.54) is 0 Å². The second-order valence-corrected chi connectivity index (χ2v) is 12.5. The van der Waals surface area contributed by atoms with E-state index in [9.17, 15) is 31.4 Å². The molecule has 33 heavy (non-hydrogen) atoms. The number of fused-ring (bicyclic) bond motifs is 1. The van der Waals surface area contributed by atoms with Crippen molar-refractivity contribution in [2.45, 2.75) is 43.7 Å². The summed E-state index contributed by atoms with van der Waals surface area (Å²) in [7, 11) is -6.59. The summed E-state index contributed by atoms with van der Waals surface area (Å²) < 4.78 is 73.9. The van der Waals surface area contributed by atoms with Crippen molar-refractivity contribution in [1.82, 2.24) is 10.0 Å². The number of benzene rings is 2. The Labute approximate surface area is 194 Å². The van der Waals surface area contributed by atoms with Crippen LogP contribution in [0.2, 0.25) is 0 Å². The molecule has 0 saturated heterocycles. The highest BCUT2D eigenvalue weighted by molar-refractivity contribution is 8.23. The summed E-state index contributed by atoms with van der Waals surface area (Å²) in [4.78, 5) is 0. The Hall–Kier alpha value is -1.60. The molecule has 0 amide bonds. The van der Waals surface area contributed by atoms with Gasteiger partial charge in [0.2, 0.25) is 10.0 Å². The van der Waals surface area contributed by atoms with Gasteiger partial charge in [-0.15, -0.1) is 0 Å². The summed E-state index contributed by atoms with van der Waals surface area (Å²) in [6.45, 7) is 1.93. The molecule has 0 radical (unpaired) electrons. The van der Waals surface area contributed by atoms with Crippen LogP contribution in [-0.2, 0) is 28.6 Å². The molecule has 2 aromatic carbocycles. The number of rotatable bonds is 9. The number of nitrogens with one attached hydrogen (secondary N) is 2. The fourth-order valence-corrected chi connectivity index (χ4v) is 6.57. The van der Waals surface area contributed by atoms with Gasteiger partial charge < -0.3 is 10.4 Å². The van der Waals surface area contributed by atoms with E-state index in [-0.39, 0.29) is 30.0 Å². The predicted molar refractivity (Wildman–Crippen MR) is 126 cm³/mol. The Balaban J connectivity index is 1.78. The molecule has 0 fully saturated rings. The van der Waals surface area contributed by atoms with E-state index in [0.29, 0.717) is 6.07 Å². The zero-order valence-corrected chi connectivity index (χ0v) is 20.1. The molecule has 0 saturated carbocycles. The van der Waals surface area contributed by atoms with Crippen molar-refractivity contribution >= 4 is 20.6 Å². The van der Waals surface area contributed by atoms with Gasteiger partial charge in [-0.25, -0.2) is 21.9 Å². The lowest BCUT2D eigenvalue weighted by molar-refractivity contribution is 0.131. The molecule has 1 aliphatic heterocycles. The number of hydrogen-bond donors (Lipinski definition) is 5. The molecule has 0 aliphatic carbocycles. The zero-order chi connectivity index (χ0) is 24.4. The summed E-state index contributed by atoms with van der Waals surface area (Å²) in [6.07, 6.45) is 0.350. The second kappa shape index (κ2) is 10.3. The molecule has 184 valence electrons. The summed E-state index contributed by atoms with van der Waals surface area (Å²) in [5.41, 5.74) is 3.00. The zero-order valence-electron chi connectivity index (χ0n) is 18.5. The topological polar surface area (TPSA) is 119 Å². The lowest BCUT2D eigenvalue weighted by Crippen LogP contribution is -2.49. The normalized spacial score (nSPS) is 20.6. The van der Waals surface area contributed by atoms with E-state index in [1.54, 1.807) is 0 Å². The molecule has 11 heteroatoms. The van der Waals surface area contributed by atoms with E-state index in [4.69, 9.17) is 0 Å². The number of aliphatic hydroxyl groups is 1. The lowest BCUT2D eigenvalue weighted by Gasteiger charge is -2.42. The SMILES string of the molecule is CCc1ccc2c(c1)[C@@H](NC[C@H](O)[C@H](Cc1cc(F)cc(F)c1)NS(C)(=O)=O)CS(O)(O)C2. The van der Waals surface area contributed by atoms with Crippen LogP contribution >= 0.6 is 10.6 Å². The predicted octanol–water partition coefficient (Wildman–Crippen LogP) is 2.94. The van der Waals surface area contributed by atoms with E-state index < -0.39 is 50.4 Å². The first kappa shape index (κ1) is 26.0. The highest BCUT2D eigenvalue weighted by atomic mass is 32.3. The largest absolute Gasteiger partial charge is 0.390 e. The van der Waals surface area contributed by atoms with Gasteiger partial charge in [-0.05, 0) is 47.2 Å². The molecular weight excluding hydrogens is 474 g/mol. The molecule has 0 unspecified atom stereocenters. The van der Waals surface area contributed by atoms with Gasteiger partial charge in [-0.2, -0.15) is 10.6 Å². The number of sulfonamides is 1. The highest BCUT2D eigenvalue weighted by Crippen LogP contribution is 2.50. The van der Waals surface area contributed by atoms with Gasteiger partial charge in [0, 0.05) is 12.6 Å². The van der Waals surface area contributed by atoms with Gasteiger partial charge in [-0.3, -0.25) is 9.11 Å². The molecule has 0 spiro atoms. The first-order valence-corrected chi connectivity index (χ1v) is 14.3. The minimum absolute atomic E-state index is 0.0686. The van der Waals surface area contributed by atoms with Gasteiger partial charge >= 0.3 is 0 Å². The van der Waals surface area contributed by atoms with Gasteiger partial charge in [0.1, 0.15) is 11.6 Å². The molecule has 0 bridgehead atoms. The fourth-order valence-electron chi connectivity index (χ4n) is 4.07. The summed E-state index contributed by atoms with van der Waals surface area (Å²) in [5.74, 6) is -1.37. The van der Waals surface area contributed by atoms with Gasteiger partial charge in [0.15, 0.2) is 0 Å². The van der Waals surface area contributed by atoms with E-state index in [2.05, 4.69) is 10.0 Å². The van der Waals surface area contributed by atoms with Crippen LogP contribution in [0.1, 0.15) is 35.2 Å². The molecular formula is C22H30F2N2O5S2. The Bertz CT molecular complexity index is 1080. The van der Waals surface area contributed by atoms with Crippen LogP contribution in [0.4, 0.5) is 8.78 Å². The number of halogens is 2. The first-order chi connectivity index (χ1) is 15.3. The smallest absolute Gasteiger partial charge is 0.209 e. The van der Waals surface area contributed by atoms with Gasteiger partial charge in [0.05, 0.1) is 35.9 Å². The van der Waals surface area contributed by atoms with Crippen LogP contribution in [0.3, 0.4) is 0 Å². The number of aliphatic hydroxyl groups excluding tert-OH is 1. The minimum atomic E-state index is -3.73. The highest BCUT2D eigenvalue weighted by Gasteiger charge is 2.31. The molecule has 5 N–H and O–H groups in total. The molecule has 1 aliphatic rings. The Morgan fingerprint density at radius 3 is 2.39 bits per heavy atom. The Morgan fingerprint density at radius 1 is 1.12 bits per heavy atom. The molecule has 3 atom stereocenters. The third-order valence-electron chi connectivity index (χ3n) is 5.60. The minimum Gasteiger partial charge on any atom is -0.390 e. The fraction of sp³-hybridized carbons (Fsp3) is 0.455. The summed E-state index contributed by atoms with van der Waals surface area (Å²) >= 11 is 0. The van der Waals surface area contributed by atoms with Crippen LogP contribution in [-0.4, -0.2) is 53.3 Å². The van der Waals surface area contributed by atoms with Crippen LogP contribution in [0, 0.1) is 11.6 Å². The third-order valence-corrected chi connectivity index (χ3v) is 7.97. The maximum Gasteiger partial charge on any atom is 0.209 e. The number of aryl methyl sites for hydroxylation is 1. The molecule has 1 heterocycles. The van der Waals surface area contributed by atoms with Crippen molar-refractivity contribution in [2.24, 2.45) is 0 Å². The van der Waals surface area contributed by atoms with Crippen molar-refractivity contribution in [1.29, 1.82) is 0 Å². The first-order valence-electron chi connectivity index (χ1n) is 10.5. The van der Waals surface area contributed by atoms with Crippen LogP contribution in [0.5, 0.6) is 0 Å². The van der Waals surface area contributed by atoms with Gasteiger partial charge in [0.25, 0.3) is 0 Å². The quantitative estimate of drug-likeness (QED) is 0.358. The maximum absolute atomic E-state index is 13.6. The van der Waals surface area contributed by atoms with Crippen molar-refractivity contribution in [2.75, 3.05) is 18.6 Å². The molecule has 3 rings (SSSR count). The Morgan fingerprint density at radius 2 is 1.79 bits per heavy atom. The van der Waals surface area contributed by atoms with Crippen LogP contribution in [0.25, 0.3) is 0 Å². The third kappa shape index (κ3) is 7.44. The van der Waals surface area contributed by atoms with Crippen LogP contribution in [0.15, 0.2) is 36.4 Å². The van der Waals surface area contributed by atoms with Crippen molar-refractivity contribution in [3.8, 4) is 0 Å². The van der Waals surface area contributed by atoms with E-state index in [0.717, 1.165) is 41.5 Å². The molecule has 0 aromatic heterocycles. The van der Waals surface area contributed by atoms with Crippen molar-refractivity contribution < 1.29 is 31.4 Å². The summed E-state index contributed by atoms with van der Waals surface area (Å²) in [5, 5.41) is 13.9. The molecule has 2 aromatic rings. The maximum atomic E-state index is 13.6. The van der Waals surface area contributed by atoms with Crippen LogP contribution < -0.4 is 10.0 Å². The molecule has 7 nitrogen and oxygen atoms in total. The lowest BCUT2D eigenvalue weighted by atomic mass is 9.97. The number of hydrogen-bond acceptors (Lipinski definition) is 6. The summed E-state index contributed by atoms with van der Waals surface area (Å²) in [6, 6.07) is 7.18. The van der Waals surface area contributed by atoms with Crippen molar-refractivity contribution in [3.05, 3.63) is 70.3 Å². The Kier molecular flexibility index (Phi) is 8.15. The van der Waals surface area contributed by atoms with Crippen molar-refractivity contribution in [3.63, 3.8) is 0 Å². The second-order valence-electron chi connectivity index (χ2n) is 8.51. The average Bonchev–Trinajstić information content (AvgIpc) is 2.68. The average molecular weight is 505 g/mol. The van der Waals surface area contributed by atoms with E-state index >= 15 is 0 Å². The van der Waals surface area contributed by atoms with E-state index in [1.807, 2.05) is 25.1 Å². The standard InChI is InChI=1S/C22H30F2N2O5S2/c1-3-14-4-5-16-12-33(30,31)13-21(19(16)8-14)25-11-22(27)20(26-32(2,28)29)9-15-6-17(23)10-18(24)7-15/h4-8,10,20-22,25-27,30-31H,3,9,11-13H2,1-2H3/t20-,21-,22-/m0/s1. The monoisotopic (exact) mass is 504 g/mol.